The van der Waals surface area contributed by atoms with Gasteiger partial charge in [-0.1, -0.05) is 25.5 Å². The van der Waals surface area contributed by atoms with Gasteiger partial charge in [0.05, 0.1) is 0 Å². The molecule has 1 heterocycles. The van der Waals surface area contributed by atoms with Crippen LogP contribution in [0.25, 0.3) is 0 Å². The molecule has 0 spiro atoms. The summed E-state index contributed by atoms with van der Waals surface area (Å²) in [6, 6.07) is 6.48. The fraction of sp³-hybridized carbons (Fsp3) is 0.588. The van der Waals surface area contributed by atoms with Crippen LogP contribution in [0.1, 0.15) is 48.2 Å². The van der Waals surface area contributed by atoms with Crippen molar-refractivity contribution in [1.29, 1.82) is 0 Å². The van der Waals surface area contributed by atoms with Gasteiger partial charge in [-0.2, -0.15) is 0 Å². The molecule has 21 heavy (non-hydrogen) atoms. The monoisotopic (exact) mass is 289 g/mol. The summed E-state index contributed by atoms with van der Waals surface area (Å²) in [6.07, 6.45) is 3.15. The van der Waals surface area contributed by atoms with Crippen molar-refractivity contribution in [3.05, 3.63) is 34.9 Å². The molecule has 1 amide bonds. The number of nitrogens with one attached hydrogen (secondary N) is 1. The minimum absolute atomic E-state index is 0.309. The van der Waals surface area contributed by atoms with Gasteiger partial charge < -0.3 is 11.1 Å². The molecule has 2 rings (SSSR count). The molecule has 0 aromatic heterocycles. The van der Waals surface area contributed by atoms with Crippen molar-refractivity contribution in [2.24, 2.45) is 5.73 Å². The number of hydrogen-bond donors (Lipinski definition) is 2. The van der Waals surface area contributed by atoms with Gasteiger partial charge in [0.1, 0.15) is 0 Å². The molecule has 0 radical (unpaired) electrons. The highest BCUT2D eigenvalue weighted by Gasteiger charge is 2.20. The first-order valence-corrected chi connectivity index (χ1v) is 7.98. The van der Waals surface area contributed by atoms with E-state index in [1.807, 2.05) is 12.1 Å². The van der Waals surface area contributed by atoms with Gasteiger partial charge in [-0.15, -0.1) is 0 Å². The number of carbonyl (C=O) groups excluding carboxylic acids is 1. The predicted molar refractivity (Wildman–Crippen MR) is 86.3 cm³/mol. The summed E-state index contributed by atoms with van der Waals surface area (Å²) < 4.78 is 0. The summed E-state index contributed by atoms with van der Waals surface area (Å²) in [6.45, 7) is 8.43. The molecule has 1 unspecified atom stereocenters. The van der Waals surface area contributed by atoms with Crippen LogP contribution in [0.3, 0.4) is 0 Å². The van der Waals surface area contributed by atoms with Gasteiger partial charge in [-0.3, -0.25) is 9.69 Å². The van der Waals surface area contributed by atoms with Crippen molar-refractivity contribution in [1.82, 2.24) is 10.2 Å². The number of hydrogen-bond acceptors (Lipinski definition) is 3. The van der Waals surface area contributed by atoms with E-state index in [1.54, 1.807) is 0 Å². The van der Waals surface area contributed by atoms with Gasteiger partial charge in [-0.05, 0) is 37.0 Å². The third kappa shape index (κ3) is 4.05. The van der Waals surface area contributed by atoms with E-state index in [0.717, 1.165) is 51.0 Å². The molecule has 116 valence electrons. The zero-order chi connectivity index (χ0) is 15.2. The molecule has 4 nitrogen and oxygen atoms in total. The second kappa shape index (κ2) is 7.57. The van der Waals surface area contributed by atoms with Crippen LogP contribution in [0.5, 0.6) is 0 Å². The van der Waals surface area contributed by atoms with E-state index in [-0.39, 0.29) is 5.91 Å². The Morgan fingerprint density at radius 3 is 2.95 bits per heavy atom. The lowest BCUT2D eigenvalue weighted by molar-refractivity contribution is 0.0999. The van der Waals surface area contributed by atoms with E-state index < -0.39 is 0 Å². The van der Waals surface area contributed by atoms with Crippen LogP contribution in [-0.2, 0) is 13.0 Å². The average molecular weight is 289 g/mol. The molecule has 1 aromatic rings. The average Bonchev–Trinajstić information content (AvgIpc) is 2.48. The fourth-order valence-corrected chi connectivity index (χ4v) is 3.00. The summed E-state index contributed by atoms with van der Waals surface area (Å²) in [5, 5.41) is 3.41. The lowest BCUT2D eigenvalue weighted by Crippen LogP contribution is -2.49. The largest absolute Gasteiger partial charge is 0.366 e. The Balaban J connectivity index is 2.24. The summed E-state index contributed by atoms with van der Waals surface area (Å²) in [5.41, 5.74) is 8.66. The first kappa shape index (κ1) is 16.0. The van der Waals surface area contributed by atoms with Crippen molar-refractivity contribution in [2.45, 2.75) is 45.7 Å². The Labute approximate surface area is 127 Å². The summed E-state index contributed by atoms with van der Waals surface area (Å²) >= 11 is 0. The Bertz CT molecular complexity index is 487. The van der Waals surface area contributed by atoms with E-state index >= 15 is 0 Å². The van der Waals surface area contributed by atoms with Crippen molar-refractivity contribution in [2.75, 3.05) is 19.6 Å². The van der Waals surface area contributed by atoms with Gasteiger partial charge in [0.15, 0.2) is 0 Å². The second-order valence-corrected chi connectivity index (χ2v) is 5.93. The summed E-state index contributed by atoms with van der Waals surface area (Å²) in [4.78, 5) is 14.2. The van der Waals surface area contributed by atoms with Crippen LogP contribution in [0.2, 0.25) is 0 Å². The van der Waals surface area contributed by atoms with Crippen LogP contribution in [0, 0.1) is 0 Å². The van der Waals surface area contributed by atoms with Gasteiger partial charge in [0, 0.05) is 37.8 Å². The molecular weight excluding hydrogens is 262 g/mol. The van der Waals surface area contributed by atoms with Gasteiger partial charge in [-0.25, -0.2) is 0 Å². The minimum Gasteiger partial charge on any atom is -0.366 e. The van der Waals surface area contributed by atoms with E-state index in [4.69, 9.17) is 5.73 Å². The fourth-order valence-electron chi connectivity index (χ4n) is 3.00. The molecule has 4 heteroatoms. The van der Waals surface area contributed by atoms with Crippen LogP contribution in [-0.4, -0.2) is 36.5 Å². The SMILES string of the molecule is CCCCc1c(CN2CCNCC2C)cccc1C(N)=O. The highest BCUT2D eigenvalue weighted by Crippen LogP contribution is 2.20. The molecule has 1 aromatic carbocycles. The highest BCUT2D eigenvalue weighted by atomic mass is 16.1. The highest BCUT2D eigenvalue weighted by molar-refractivity contribution is 5.94. The summed E-state index contributed by atoms with van der Waals surface area (Å²) in [7, 11) is 0. The Morgan fingerprint density at radius 1 is 1.48 bits per heavy atom. The third-order valence-corrected chi connectivity index (χ3v) is 4.33. The zero-order valence-corrected chi connectivity index (χ0v) is 13.2. The van der Waals surface area contributed by atoms with Crippen LogP contribution < -0.4 is 11.1 Å². The molecule has 0 bridgehead atoms. The van der Waals surface area contributed by atoms with Crippen LogP contribution >= 0.6 is 0 Å². The maximum atomic E-state index is 11.7. The van der Waals surface area contributed by atoms with Crippen molar-refractivity contribution < 1.29 is 4.79 Å². The molecule has 1 saturated heterocycles. The lowest BCUT2D eigenvalue weighted by Gasteiger charge is -2.34. The first-order valence-electron chi connectivity index (χ1n) is 7.98. The van der Waals surface area contributed by atoms with Crippen molar-refractivity contribution >= 4 is 5.91 Å². The van der Waals surface area contributed by atoms with Gasteiger partial charge in [0.25, 0.3) is 0 Å². The molecule has 0 saturated carbocycles. The molecular formula is C17H27N3O. The molecule has 1 fully saturated rings. The quantitative estimate of drug-likeness (QED) is 0.841. The third-order valence-electron chi connectivity index (χ3n) is 4.33. The number of benzene rings is 1. The first-order chi connectivity index (χ1) is 10.1. The van der Waals surface area contributed by atoms with E-state index in [9.17, 15) is 4.79 Å². The molecule has 1 aliphatic rings. The van der Waals surface area contributed by atoms with Crippen molar-refractivity contribution in [3.8, 4) is 0 Å². The van der Waals surface area contributed by atoms with Gasteiger partial charge in [0.2, 0.25) is 5.91 Å². The van der Waals surface area contributed by atoms with E-state index in [1.165, 1.54) is 5.56 Å². The number of nitrogens with two attached hydrogens (primary N) is 1. The maximum absolute atomic E-state index is 11.7. The molecule has 1 aliphatic heterocycles. The predicted octanol–water partition coefficient (Wildman–Crippen LogP) is 1.92. The molecule has 3 N–H and O–H groups in total. The van der Waals surface area contributed by atoms with Crippen LogP contribution in [0.15, 0.2) is 18.2 Å². The van der Waals surface area contributed by atoms with E-state index in [2.05, 4.69) is 30.1 Å². The number of amides is 1. The summed E-state index contributed by atoms with van der Waals surface area (Å²) in [5.74, 6) is -0.309. The second-order valence-electron chi connectivity index (χ2n) is 5.93. The zero-order valence-electron chi connectivity index (χ0n) is 13.2. The Morgan fingerprint density at radius 2 is 2.29 bits per heavy atom. The standard InChI is InChI=1S/C17H27N3O/c1-3-4-7-15-14(6-5-8-16(15)17(18)21)12-20-10-9-19-11-13(20)2/h5-6,8,13,19H,3-4,7,9-12H2,1-2H3,(H2,18,21). The number of nitrogens with zero attached hydrogens (tertiary/aromatic N) is 1. The number of unbranched alkanes of at least 4 members (excludes halogenated alkanes) is 1. The minimum atomic E-state index is -0.309. The lowest BCUT2D eigenvalue weighted by atomic mass is 9.95. The molecule has 1 atom stereocenters. The van der Waals surface area contributed by atoms with Crippen LogP contribution in [0.4, 0.5) is 0 Å². The van der Waals surface area contributed by atoms with Crippen molar-refractivity contribution in [3.63, 3.8) is 0 Å². The number of piperazine rings is 1. The normalized spacial score (nSPS) is 19.6. The number of rotatable bonds is 6. The van der Waals surface area contributed by atoms with Gasteiger partial charge >= 0.3 is 0 Å². The smallest absolute Gasteiger partial charge is 0.248 e. The number of primary amides is 1. The maximum Gasteiger partial charge on any atom is 0.248 e. The van der Waals surface area contributed by atoms with E-state index in [0.29, 0.717) is 11.6 Å². The number of carbonyl (C=O) groups is 1. The Kier molecular flexibility index (Phi) is 5.76. The molecule has 0 aliphatic carbocycles. The topological polar surface area (TPSA) is 58.4 Å². The Hall–Kier alpha value is -1.39.